The summed E-state index contributed by atoms with van der Waals surface area (Å²) in [5, 5.41) is 4.98. The Bertz CT molecular complexity index is 2380. The molecule has 0 bridgehead atoms. The molecule has 2 heterocycles. The standard InChI is InChI=1S/C55H81N6O16P/c1-4-5-6-7-8-9-10-11-12-13-14-15-16-17-18-23-52(64)74-40-46(77-43(2)62)41-76-78(66,67)75-31-29-57-55(65)73-37-35-71-42-51(63)56-28-30-69-32-33-70-34-36-72-54-59-38-47(53(61-54)68-3)44-24-26-45(27-25-44)50-39-58-48-21-19-20-22-49(48)60-50/h19-22,24-27,38-39,46H,4-18,23,28-37,40-42H2,1-3H3,(H,56,63)(H,57,65)(H,66,67). The lowest BCUT2D eigenvalue weighted by Crippen LogP contribution is -2.32. The molecule has 0 saturated carbocycles. The van der Waals surface area contributed by atoms with Crippen molar-refractivity contribution in [2.45, 2.75) is 123 Å². The van der Waals surface area contributed by atoms with E-state index in [1.165, 1.54) is 77.7 Å². The molecule has 0 aliphatic heterocycles. The van der Waals surface area contributed by atoms with Crippen molar-refractivity contribution < 1.29 is 75.6 Å². The average Bonchev–Trinajstić information content (AvgIpc) is 3.44. The molecule has 23 heteroatoms. The van der Waals surface area contributed by atoms with E-state index < -0.39 is 51.1 Å². The normalized spacial score (nSPS) is 12.4. The van der Waals surface area contributed by atoms with Crippen molar-refractivity contribution in [3.8, 4) is 34.3 Å². The maximum atomic E-state index is 12.4. The summed E-state index contributed by atoms with van der Waals surface area (Å²) in [7, 11) is -3.11. The number of benzene rings is 2. The molecule has 22 nitrogen and oxygen atoms in total. The number of alkyl carbamates (subject to hydrolysis) is 1. The second-order valence-corrected chi connectivity index (χ2v) is 19.6. The molecule has 0 aliphatic rings. The van der Waals surface area contributed by atoms with Gasteiger partial charge in [-0.1, -0.05) is 133 Å². The van der Waals surface area contributed by atoms with Crippen LogP contribution in [-0.2, 0) is 56.4 Å². The third-order valence-electron chi connectivity index (χ3n) is 11.8. The van der Waals surface area contributed by atoms with Gasteiger partial charge in [-0.3, -0.25) is 28.4 Å². The van der Waals surface area contributed by atoms with Crippen LogP contribution in [0.4, 0.5) is 4.79 Å². The van der Waals surface area contributed by atoms with Crippen molar-refractivity contribution in [3.05, 3.63) is 60.9 Å². The predicted molar refractivity (Wildman–Crippen MR) is 291 cm³/mol. The van der Waals surface area contributed by atoms with Crippen molar-refractivity contribution in [3.63, 3.8) is 0 Å². The summed E-state index contributed by atoms with van der Waals surface area (Å²) in [6.45, 7) is 2.79. The number of fused-ring (bicyclic) bond motifs is 1. The van der Waals surface area contributed by atoms with E-state index >= 15 is 0 Å². The van der Waals surface area contributed by atoms with Gasteiger partial charge >= 0.3 is 31.9 Å². The lowest BCUT2D eigenvalue weighted by Gasteiger charge is -2.19. The SMILES string of the molecule is CCCCCCCCCCCCCCCCCC(=O)OCC(COP(=O)(O)OCCNC(=O)OCCOCC(=O)NCCOCCOCCOc1ncc(-c2ccc(-c3cnc4ccccc4n3)cc2)c(OC)n1)OC(C)=O. The predicted octanol–water partition coefficient (Wildman–Crippen LogP) is 8.90. The highest BCUT2D eigenvalue weighted by Crippen LogP contribution is 2.43. The number of aromatic nitrogens is 4. The lowest BCUT2D eigenvalue weighted by molar-refractivity contribution is -0.159. The molecular formula is C55H81N6O16P. The number of carbonyl (C=O) groups is 4. The molecule has 2 unspecified atom stereocenters. The third kappa shape index (κ3) is 28.7. The van der Waals surface area contributed by atoms with Crippen LogP contribution in [-0.4, -0.2) is 148 Å². The molecule has 2 aromatic heterocycles. The monoisotopic (exact) mass is 1110 g/mol. The van der Waals surface area contributed by atoms with E-state index in [-0.39, 0.29) is 78.4 Å². The van der Waals surface area contributed by atoms with Gasteiger partial charge in [-0.2, -0.15) is 4.98 Å². The summed E-state index contributed by atoms with van der Waals surface area (Å²) < 4.78 is 64.9. The largest absolute Gasteiger partial charge is 0.480 e. The van der Waals surface area contributed by atoms with Gasteiger partial charge in [0.1, 0.15) is 26.4 Å². The van der Waals surface area contributed by atoms with Crippen LogP contribution < -0.4 is 20.1 Å². The Kier molecular flexibility index (Phi) is 32.7. The first kappa shape index (κ1) is 64.7. The lowest BCUT2D eigenvalue weighted by atomic mass is 10.0. The Hall–Kier alpha value is -5.87. The molecule has 4 rings (SSSR count). The molecule has 0 spiro atoms. The fourth-order valence-corrected chi connectivity index (χ4v) is 8.46. The van der Waals surface area contributed by atoms with Crippen LogP contribution >= 0.6 is 7.82 Å². The quantitative estimate of drug-likeness (QED) is 0.0161. The van der Waals surface area contributed by atoms with Gasteiger partial charge in [0.05, 0.1) is 81.8 Å². The van der Waals surface area contributed by atoms with Crippen LogP contribution in [0, 0.1) is 0 Å². The Morgan fingerprint density at radius 3 is 1.92 bits per heavy atom. The van der Waals surface area contributed by atoms with Crippen LogP contribution in [0.2, 0.25) is 0 Å². The van der Waals surface area contributed by atoms with Crippen molar-refractivity contribution in [1.29, 1.82) is 0 Å². The van der Waals surface area contributed by atoms with Gasteiger partial charge < -0.3 is 53.4 Å². The van der Waals surface area contributed by atoms with E-state index in [1.807, 2.05) is 48.5 Å². The van der Waals surface area contributed by atoms with Gasteiger partial charge in [0.2, 0.25) is 11.8 Å². The molecule has 0 radical (unpaired) electrons. The summed E-state index contributed by atoms with van der Waals surface area (Å²) >= 11 is 0. The molecule has 2 atom stereocenters. The molecule has 0 aliphatic carbocycles. The average molecular weight is 1110 g/mol. The molecule has 78 heavy (non-hydrogen) atoms. The number of para-hydroxylation sites is 2. The number of unbranched alkanes of at least 4 members (excludes halogenated alkanes) is 14. The number of carbonyl (C=O) groups excluding carboxylic acids is 4. The topological polar surface area (TPSA) is 273 Å². The van der Waals surface area contributed by atoms with Gasteiger partial charge in [0.25, 0.3) is 0 Å². The molecule has 3 N–H and O–H groups in total. The maximum Gasteiger partial charge on any atom is 0.472 e. The number of amides is 2. The zero-order valence-corrected chi connectivity index (χ0v) is 46.6. The minimum Gasteiger partial charge on any atom is -0.480 e. The zero-order valence-electron chi connectivity index (χ0n) is 45.7. The fourth-order valence-electron chi connectivity index (χ4n) is 7.71. The highest BCUT2D eigenvalue weighted by atomic mass is 31.2. The van der Waals surface area contributed by atoms with Crippen LogP contribution in [0.15, 0.2) is 60.9 Å². The number of phosphoric acid groups is 1. The van der Waals surface area contributed by atoms with Crippen molar-refractivity contribution >= 4 is 42.8 Å². The summed E-state index contributed by atoms with van der Waals surface area (Å²) in [4.78, 5) is 75.9. The Balaban J connectivity index is 0.922. The summed E-state index contributed by atoms with van der Waals surface area (Å²) in [5.74, 6) is -1.20. The number of phosphoric ester groups is 1. The zero-order chi connectivity index (χ0) is 55.9. The Labute approximate surface area is 458 Å². The number of esters is 2. The van der Waals surface area contributed by atoms with Crippen molar-refractivity contribution in [2.75, 3.05) is 92.9 Å². The van der Waals surface area contributed by atoms with Crippen LogP contribution in [0.3, 0.4) is 0 Å². The number of hydrogen-bond donors (Lipinski definition) is 3. The molecule has 432 valence electrons. The first-order valence-corrected chi connectivity index (χ1v) is 28.7. The van der Waals surface area contributed by atoms with E-state index in [4.69, 9.17) is 51.9 Å². The van der Waals surface area contributed by atoms with Crippen LogP contribution in [0.5, 0.6) is 11.9 Å². The number of rotatable bonds is 44. The molecule has 0 fully saturated rings. The van der Waals surface area contributed by atoms with Crippen LogP contribution in [0.1, 0.15) is 117 Å². The smallest absolute Gasteiger partial charge is 0.472 e. The molecule has 2 aromatic carbocycles. The second-order valence-electron chi connectivity index (χ2n) is 18.1. The van der Waals surface area contributed by atoms with Gasteiger partial charge in [0.15, 0.2) is 6.10 Å². The van der Waals surface area contributed by atoms with E-state index in [2.05, 4.69) is 32.5 Å². The Morgan fingerprint density at radius 2 is 1.24 bits per heavy atom. The molecule has 4 aromatic rings. The first-order chi connectivity index (χ1) is 38.0. The van der Waals surface area contributed by atoms with Gasteiger partial charge in [-0.05, 0) is 24.1 Å². The summed E-state index contributed by atoms with van der Waals surface area (Å²) in [6.07, 6.45) is 19.8. The first-order valence-electron chi connectivity index (χ1n) is 27.2. The van der Waals surface area contributed by atoms with E-state index in [0.29, 0.717) is 24.5 Å². The van der Waals surface area contributed by atoms with E-state index in [1.54, 1.807) is 12.4 Å². The van der Waals surface area contributed by atoms with Gasteiger partial charge in [-0.25, -0.2) is 19.3 Å². The number of hydrogen-bond acceptors (Lipinski definition) is 19. The molecule has 0 saturated heterocycles. The molecular weight excluding hydrogens is 1030 g/mol. The number of nitrogens with one attached hydrogen (secondary N) is 2. The van der Waals surface area contributed by atoms with Gasteiger partial charge in [-0.15, -0.1) is 0 Å². The molecule has 2 amide bonds. The van der Waals surface area contributed by atoms with E-state index in [9.17, 15) is 28.6 Å². The highest BCUT2D eigenvalue weighted by Gasteiger charge is 2.26. The number of ether oxygens (including phenoxy) is 8. The van der Waals surface area contributed by atoms with Crippen LogP contribution in [0.25, 0.3) is 33.4 Å². The number of methoxy groups -OCH3 is 1. The van der Waals surface area contributed by atoms with Crippen molar-refractivity contribution in [1.82, 2.24) is 30.6 Å². The minimum atomic E-state index is -4.64. The number of nitrogens with zero attached hydrogens (tertiary/aromatic N) is 4. The van der Waals surface area contributed by atoms with Gasteiger partial charge in [0, 0.05) is 38.2 Å². The second kappa shape index (κ2) is 39.5. The fraction of sp³-hybridized carbons (Fsp3) is 0.600. The third-order valence-corrected chi connectivity index (χ3v) is 12.7. The Morgan fingerprint density at radius 1 is 0.628 bits per heavy atom. The summed E-state index contributed by atoms with van der Waals surface area (Å²) in [6, 6.07) is 15.7. The summed E-state index contributed by atoms with van der Waals surface area (Å²) in [5.41, 5.74) is 4.91. The minimum absolute atomic E-state index is 0.0727. The maximum absolute atomic E-state index is 12.4. The van der Waals surface area contributed by atoms with E-state index in [0.717, 1.165) is 54.0 Å². The highest BCUT2D eigenvalue weighted by molar-refractivity contribution is 7.47. The van der Waals surface area contributed by atoms with Crippen molar-refractivity contribution in [2.24, 2.45) is 0 Å².